The molecule has 0 radical (unpaired) electrons. The van der Waals surface area contributed by atoms with E-state index in [1.54, 1.807) is 4.57 Å². The predicted molar refractivity (Wildman–Crippen MR) is 123 cm³/mol. The molecular weight excluding hydrogens is 394 g/mol. The van der Waals surface area contributed by atoms with Crippen molar-refractivity contribution in [3.05, 3.63) is 34.6 Å². The third-order valence-electron chi connectivity index (χ3n) is 7.02. The van der Waals surface area contributed by atoms with Crippen LogP contribution < -0.4 is 10.9 Å². The van der Waals surface area contributed by atoms with E-state index < -0.39 is 0 Å². The fourth-order valence-corrected chi connectivity index (χ4v) is 6.26. The van der Waals surface area contributed by atoms with E-state index in [1.807, 2.05) is 31.2 Å². The summed E-state index contributed by atoms with van der Waals surface area (Å²) < 4.78 is 1.75. The van der Waals surface area contributed by atoms with Crippen molar-refractivity contribution in [2.75, 3.05) is 0 Å². The molecule has 2 aliphatic carbocycles. The number of unbranched alkanes of at least 4 members (excludes halogenated alkanes) is 1. The van der Waals surface area contributed by atoms with Gasteiger partial charge in [-0.15, -0.1) is 0 Å². The molecule has 5 unspecified atom stereocenters. The molecule has 1 aromatic carbocycles. The summed E-state index contributed by atoms with van der Waals surface area (Å²) in [5.41, 5.74) is 0.681. The smallest absolute Gasteiger partial charge is 0.262 e. The number of benzene rings is 1. The molecule has 6 heteroatoms. The van der Waals surface area contributed by atoms with Crippen molar-refractivity contribution in [2.24, 2.45) is 17.8 Å². The van der Waals surface area contributed by atoms with Gasteiger partial charge in [-0.05, 0) is 69.4 Å². The highest BCUT2D eigenvalue weighted by Gasteiger charge is 2.42. The Bertz CT molecular complexity index is 973. The number of carbonyl (C=O) groups excluding carboxylic acids is 1. The molecule has 5 nitrogen and oxygen atoms in total. The first-order valence-electron chi connectivity index (χ1n) is 11.4. The van der Waals surface area contributed by atoms with Crippen LogP contribution in [0, 0.1) is 17.8 Å². The number of hydrogen-bond donors (Lipinski definition) is 1. The van der Waals surface area contributed by atoms with E-state index >= 15 is 0 Å². The van der Waals surface area contributed by atoms with Crippen LogP contribution in [0.15, 0.2) is 34.2 Å². The van der Waals surface area contributed by atoms with Gasteiger partial charge in [-0.25, -0.2) is 4.98 Å². The number of rotatable bonds is 8. The van der Waals surface area contributed by atoms with Crippen LogP contribution in [0.4, 0.5) is 0 Å². The Hall–Kier alpha value is -1.82. The molecule has 1 amide bonds. The molecule has 4 rings (SSSR count). The topological polar surface area (TPSA) is 64.0 Å². The molecule has 2 fully saturated rings. The molecule has 1 N–H and O–H groups in total. The SMILES string of the molecule is CCCCn1c(SC(C)C(=O)NC(C)C2CC3CCC2C3)nc2ccccc2c1=O. The first-order chi connectivity index (χ1) is 14.5. The van der Waals surface area contributed by atoms with Crippen molar-refractivity contribution >= 4 is 28.6 Å². The summed E-state index contributed by atoms with van der Waals surface area (Å²) in [4.78, 5) is 30.7. The van der Waals surface area contributed by atoms with Crippen LogP contribution in [0.1, 0.15) is 59.3 Å². The van der Waals surface area contributed by atoms with Crippen LogP contribution in [-0.2, 0) is 11.3 Å². The summed E-state index contributed by atoms with van der Waals surface area (Å²) in [5.74, 6) is 2.32. The van der Waals surface area contributed by atoms with E-state index in [0.717, 1.165) is 24.7 Å². The van der Waals surface area contributed by atoms with E-state index in [4.69, 9.17) is 4.98 Å². The highest BCUT2D eigenvalue weighted by Crippen LogP contribution is 2.49. The molecule has 5 atom stereocenters. The van der Waals surface area contributed by atoms with Crippen molar-refractivity contribution in [2.45, 2.75) is 82.3 Å². The highest BCUT2D eigenvalue weighted by molar-refractivity contribution is 8.00. The summed E-state index contributed by atoms with van der Waals surface area (Å²) in [5, 5.41) is 4.25. The van der Waals surface area contributed by atoms with Gasteiger partial charge in [0, 0.05) is 12.6 Å². The zero-order valence-electron chi connectivity index (χ0n) is 18.3. The lowest BCUT2D eigenvalue weighted by Gasteiger charge is -2.29. The first-order valence-corrected chi connectivity index (χ1v) is 12.3. The number of para-hydroxylation sites is 1. The molecule has 0 spiro atoms. The standard InChI is InChI=1S/C24H33N3O2S/c1-4-5-12-27-23(29)19-8-6-7-9-21(19)26-24(27)30-16(3)22(28)25-15(2)20-14-17-10-11-18(20)13-17/h6-9,15-18,20H,4-5,10-14H2,1-3H3,(H,25,28). The van der Waals surface area contributed by atoms with Gasteiger partial charge < -0.3 is 5.32 Å². The minimum atomic E-state index is -0.299. The van der Waals surface area contributed by atoms with E-state index in [2.05, 4.69) is 19.2 Å². The average molecular weight is 428 g/mol. The molecule has 30 heavy (non-hydrogen) atoms. The second kappa shape index (κ2) is 9.13. The fraction of sp³-hybridized carbons (Fsp3) is 0.625. The molecule has 2 aromatic rings. The lowest BCUT2D eigenvalue weighted by molar-refractivity contribution is -0.121. The van der Waals surface area contributed by atoms with E-state index in [9.17, 15) is 9.59 Å². The van der Waals surface area contributed by atoms with Gasteiger partial charge in [0.05, 0.1) is 16.2 Å². The van der Waals surface area contributed by atoms with Crippen molar-refractivity contribution in [1.29, 1.82) is 0 Å². The van der Waals surface area contributed by atoms with Gasteiger partial charge >= 0.3 is 0 Å². The normalized spacial score (nSPS) is 24.8. The average Bonchev–Trinajstić information content (AvgIpc) is 3.37. The van der Waals surface area contributed by atoms with Gasteiger partial charge in [-0.2, -0.15) is 0 Å². The maximum atomic E-state index is 13.0. The summed E-state index contributed by atoms with van der Waals surface area (Å²) >= 11 is 1.40. The van der Waals surface area contributed by atoms with Gasteiger partial charge in [-0.3, -0.25) is 14.2 Å². The van der Waals surface area contributed by atoms with Gasteiger partial charge in [0.25, 0.3) is 5.56 Å². The molecule has 0 saturated heterocycles. The summed E-state index contributed by atoms with van der Waals surface area (Å²) in [6, 6.07) is 7.67. The Balaban J connectivity index is 1.49. The Kier molecular flexibility index (Phi) is 6.51. The third kappa shape index (κ3) is 4.29. The number of nitrogens with zero attached hydrogens (tertiary/aromatic N) is 2. The molecule has 2 saturated carbocycles. The van der Waals surface area contributed by atoms with E-state index in [1.165, 1.54) is 37.4 Å². The maximum absolute atomic E-state index is 13.0. The van der Waals surface area contributed by atoms with Gasteiger partial charge in [0.15, 0.2) is 5.16 Å². The van der Waals surface area contributed by atoms with Crippen LogP contribution in [0.2, 0.25) is 0 Å². The number of amides is 1. The molecular formula is C24H33N3O2S. The van der Waals surface area contributed by atoms with Crippen LogP contribution in [0.25, 0.3) is 10.9 Å². The zero-order valence-corrected chi connectivity index (χ0v) is 19.1. The largest absolute Gasteiger partial charge is 0.352 e. The highest BCUT2D eigenvalue weighted by atomic mass is 32.2. The molecule has 2 bridgehead atoms. The zero-order chi connectivity index (χ0) is 21.3. The Labute approximate surface area is 183 Å². The molecule has 0 aliphatic heterocycles. The lowest BCUT2D eigenvalue weighted by Crippen LogP contribution is -2.43. The number of aromatic nitrogens is 2. The van der Waals surface area contributed by atoms with Gasteiger partial charge in [-0.1, -0.05) is 43.7 Å². The van der Waals surface area contributed by atoms with Crippen LogP contribution in [0.5, 0.6) is 0 Å². The molecule has 2 aliphatic rings. The minimum absolute atomic E-state index is 0.0143. The quantitative estimate of drug-likeness (QED) is 0.493. The van der Waals surface area contributed by atoms with Crippen molar-refractivity contribution in [3.63, 3.8) is 0 Å². The Morgan fingerprint density at radius 1 is 1.27 bits per heavy atom. The van der Waals surface area contributed by atoms with Crippen LogP contribution in [-0.4, -0.2) is 26.8 Å². The molecule has 1 aromatic heterocycles. The van der Waals surface area contributed by atoms with Gasteiger partial charge in [0.2, 0.25) is 5.91 Å². The van der Waals surface area contributed by atoms with E-state index in [0.29, 0.717) is 28.5 Å². The number of nitrogens with one attached hydrogen (secondary N) is 1. The minimum Gasteiger partial charge on any atom is -0.352 e. The van der Waals surface area contributed by atoms with Crippen molar-refractivity contribution in [1.82, 2.24) is 14.9 Å². The lowest BCUT2D eigenvalue weighted by atomic mass is 9.84. The van der Waals surface area contributed by atoms with Crippen molar-refractivity contribution in [3.8, 4) is 0 Å². The summed E-state index contributed by atoms with van der Waals surface area (Å²) in [7, 11) is 0. The maximum Gasteiger partial charge on any atom is 0.262 e. The van der Waals surface area contributed by atoms with Crippen LogP contribution >= 0.6 is 11.8 Å². The fourth-order valence-electron chi connectivity index (χ4n) is 5.32. The van der Waals surface area contributed by atoms with Crippen molar-refractivity contribution < 1.29 is 4.79 Å². The predicted octanol–water partition coefficient (Wildman–Crippen LogP) is 4.62. The third-order valence-corrected chi connectivity index (χ3v) is 8.11. The number of carbonyl (C=O) groups is 1. The Morgan fingerprint density at radius 2 is 2.07 bits per heavy atom. The number of thioether (sulfide) groups is 1. The molecule has 162 valence electrons. The van der Waals surface area contributed by atoms with E-state index in [-0.39, 0.29) is 22.8 Å². The summed E-state index contributed by atoms with van der Waals surface area (Å²) in [6.07, 6.45) is 7.22. The number of hydrogen-bond acceptors (Lipinski definition) is 4. The molecule has 1 heterocycles. The second-order valence-corrected chi connectivity index (χ2v) is 10.4. The van der Waals surface area contributed by atoms with Gasteiger partial charge in [0.1, 0.15) is 0 Å². The monoisotopic (exact) mass is 427 g/mol. The second-order valence-electron chi connectivity index (χ2n) is 9.12. The number of fused-ring (bicyclic) bond motifs is 3. The first kappa shape index (κ1) is 21.4. The Morgan fingerprint density at radius 3 is 2.77 bits per heavy atom. The van der Waals surface area contributed by atoms with Crippen LogP contribution in [0.3, 0.4) is 0 Å². The summed E-state index contributed by atoms with van der Waals surface area (Å²) in [6.45, 7) is 6.82.